The van der Waals surface area contributed by atoms with Crippen molar-refractivity contribution in [2.45, 2.75) is 33.6 Å². The number of nitrogens with one attached hydrogen (secondary N) is 1. The standard InChI is InChI=1S/C21H23N3O/c1-13-10-17(16-6-4-5-7-19(16)23-13)20(25)24-22-12-14-8-9-15-11-18(14)21(15,2)3/h4-8,10,12,15,18H,9,11H2,1-3H3,(H,24,25)/b22-12-/t15-,18-/m1/s1. The molecule has 2 atom stereocenters. The monoisotopic (exact) mass is 333 g/mol. The van der Waals surface area contributed by atoms with Crippen LogP contribution in [0.15, 0.2) is 47.1 Å². The number of hydrogen-bond donors (Lipinski definition) is 1. The maximum absolute atomic E-state index is 12.6. The molecule has 1 aromatic heterocycles. The van der Waals surface area contributed by atoms with Crippen molar-refractivity contribution >= 4 is 23.0 Å². The number of carbonyl (C=O) groups is 1. The molecular weight excluding hydrogens is 310 g/mol. The number of pyridine rings is 1. The van der Waals surface area contributed by atoms with E-state index in [1.54, 1.807) is 0 Å². The molecular formula is C21H23N3O. The summed E-state index contributed by atoms with van der Waals surface area (Å²) in [5.41, 5.74) is 6.57. The van der Waals surface area contributed by atoms with Gasteiger partial charge in [0.1, 0.15) is 0 Å². The molecule has 25 heavy (non-hydrogen) atoms. The van der Waals surface area contributed by atoms with Gasteiger partial charge in [0.2, 0.25) is 0 Å². The summed E-state index contributed by atoms with van der Waals surface area (Å²) >= 11 is 0. The smallest absolute Gasteiger partial charge is 0.267 e. The first kappa shape index (κ1) is 16.0. The van der Waals surface area contributed by atoms with Crippen LogP contribution < -0.4 is 5.43 Å². The summed E-state index contributed by atoms with van der Waals surface area (Å²) in [5.74, 6) is 1.17. The quantitative estimate of drug-likeness (QED) is 0.674. The van der Waals surface area contributed by atoms with Gasteiger partial charge < -0.3 is 0 Å². The number of aryl methyl sites for hydroxylation is 1. The van der Waals surface area contributed by atoms with Crippen LogP contribution in [-0.2, 0) is 0 Å². The summed E-state index contributed by atoms with van der Waals surface area (Å²) in [4.78, 5) is 17.1. The Bertz CT molecular complexity index is 910. The molecule has 0 radical (unpaired) electrons. The van der Waals surface area contributed by atoms with E-state index in [9.17, 15) is 4.79 Å². The van der Waals surface area contributed by atoms with E-state index in [-0.39, 0.29) is 5.91 Å². The number of aromatic nitrogens is 1. The third-order valence-electron chi connectivity index (χ3n) is 5.98. The minimum absolute atomic E-state index is 0.194. The lowest BCUT2D eigenvalue weighted by Gasteiger charge is -2.55. The highest BCUT2D eigenvalue weighted by molar-refractivity contribution is 6.06. The Morgan fingerprint density at radius 3 is 2.92 bits per heavy atom. The van der Waals surface area contributed by atoms with E-state index in [4.69, 9.17) is 0 Å². The highest BCUT2D eigenvalue weighted by atomic mass is 16.2. The zero-order chi connectivity index (χ0) is 17.6. The van der Waals surface area contributed by atoms with E-state index < -0.39 is 0 Å². The fourth-order valence-corrected chi connectivity index (χ4v) is 4.27. The van der Waals surface area contributed by atoms with Gasteiger partial charge in [0.15, 0.2) is 0 Å². The molecule has 1 amide bonds. The fourth-order valence-electron chi connectivity index (χ4n) is 4.27. The maximum Gasteiger partial charge on any atom is 0.272 e. The van der Waals surface area contributed by atoms with Crippen molar-refractivity contribution in [1.82, 2.24) is 10.4 Å². The van der Waals surface area contributed by atoms with Crippen LogP contribution in [-0.4, -0.2) is 17.1 Å². The number of hydrogen-bond acceptors (Lipinski definition) is 3. The molecule has 1 saturated carbocycles. The average Bonchev–Trinajstić information content (AvgIpc) is 2.60. The predicted molar refractivity (Wildman–Crippen MR) is 101 cm³/mol. The lowest BCUT2D eigenvalue weighted by Crippen LogP contribution is -2.48. The second-order valence-corrected chi connectivity index (χ2v) is 7.77. The molecule has 0 aliphatic heterocycles. The molecule has 0 unspecified atom stereocenters. The SMILES string of the molecule is Cc1cc(C(=O)N/N=C\C2=CC[C@@H]3C[C@H]2C3(C)C)c2ccccc2n1. The molecule has 2 aromatic rings. The minimum atomic E-state index is -0.194. The summed E-state index contributed by atoms with van der Waals surface area (Å²) in [6.45, 7) is 6.56. The van der Waals surface area contributed by atoms with Gasteiger partial charge in [-0.25, -0.2) is 5.43 Å². The minimum Gasteiger partial charge on any atom is -0.267 e. The second-order valence-electron chi connectivity index (χ2n) is 7.77. The van der Waals surface area contributed by atoms with E-state index in [0.29, 0.717) is 16.9 Å². The molecule has 1 aromatic carbocycles. The van der Waals surface area contributed by atoms with Crippen LogP contribution in [0.2, 0.25) is 0 Å². The molecule has 1 N–H and O–H groups in total. The first-order chi connectivity index (χ1) is 12.0. The van der Waals surface area contributed by atoms with Crippen molar-refractivity contribution in [2.24, 2.45) is 22.4 Å². The normalized spacial score (nSPS) is 24.0. The highest BCUT2D eigenvalue weighted by Gasteiger charge is 2.50. The van der Waals surface area contributed by atoms with E-state index in [2.05, 4.69) is 35.4 Å². The van der Waals surface area contributed by atoms with Gasteiger partial charge in [0, 0.05) is 11.1 Å². The summed E-state index contributed by atoms with van der Waals surface area (Å²) in [5, 5.41) is 5.08. The second kappa shape index (κ2) is 5.80. The van der Waals surface area contributed by atoms with Crippen LogP contribution in [0, 0.1) is 24.2 Å². The van der Waals surface area contributed by atoms with Crippen LogP contribution >= 0.6 is 0 Å². The Morgan fingerprint density at radius 2 is 2.16 bits per heavy atom. The molecule has 5 rings (SSSR count). The number of rotatable bonds is 3. The molecule has 128 valence electrons. The molecule has 3 aliphatic rings. The van der Waals surface area contributed by atoms with Crippen molar-refractivity contribution in [3.05, 3.63) is 53.2 Å². The maximum atomic E-state index is 12.6. The Hall–Kier alpha value is -2.49. The van der Waals surface area contributed by atoms with Crippen LogP contribution in [0.4, 0.5) is 0 Å². The lowest BCUT2D eigenvalue weighted by atomic mass is 9.49. The third kappa shape index (κ3) is 2.66. The van der Waals surface area contributed by atoms with Gasteiger partial charge in [-0.05, 0) is 54.7 Å². The Morgan fingerprint density at radius 1 is 1.36 bits per heavy atom. The third-order valence-corrected chi connectivity index (χ3v) is 5.98. The van der Waals surface area contributed by atoms with Gasteiger partial charge in [-0.3, -0.25) is 9.78 Å². The number of fused-ring (bicyclic) bond motifs is 2. The number of allylic oxidation sites excluding steroid dienone is 2. The Kier molecular flexibility index (Phi) is 3.71. The summed E-state index contributed by atoms with van der Waals surface area (Å²) in [6.07, 6.45) is 6.46. The van der Waals surface area contributed by atoms with Crippen LogP contribution in [0.25, 0.3) is 10.9 Å². The topological polar surface area (TPSA) is 54.4 Å². The van der Waals surface area contributed by atoms with Crippen LogP contribution in [0.3, 0.4) is 0 Å². The van der Waals surface area contributed by atoms with Crippen molar-refractivity contribution in [2.75, 3.05) is 0 Å². The van der Waals surface area contributed by atoms with E-state index in [1.807, 2.05) is 43.5 Å². The number of amides is 1. The van der Waals surface area contributed by atoms with Crippen molar-refractivity contribution in [3.63, 3.8) is 0 Å². The van der Waals surface area contributed by atoms with E-state index in [1.165, 1.54) is 12.0 Å². The molecule has 0 saturated heterocycles. The Labute approximate surface area is 148 Å². The molecule has 3 aliphatic carbocycles. The first-order valence-corrected chi connectivity index (χ1v) is 8.86. The van der Waals surface area contributed by atoms with Gasteiger partial charge in [0.05, 0.1) is 17.3 Å². The van der Waals surface area contributed by atoms with Crippen molar-refractivity contribution < 1.29 is 4.79 Å². The molecule has 4 heteroatoms. The van der Waals surface area contributed by atoms with E-state index >= 15 is 0 Å². The molecule has 1 fully saturated rings. The molecule has 1 heterocycles. The zero-order valence-corrected chi connectivity index (χ0v) is 14.9. The molecule has 4 nitrogen and oxygen atoms in total. The van der Waals surface area contributed by atoms with Gasteiger partial charge >= 0.3 is 0 Å². The number of nitrogens with zero attached hydrogens (tertiary/aromatic N) is 2. The van der Waals surface area contributed by atoms with Gasteiger partial charge in [-0.15, -0.1) is 0 Å². The zero-order valence-electron chi connectivity index (χ0n) is 14.9. The summed E-state index contributed by atoms with van der Waals surface area (Å²) in [7, 11) is 0. The van der Waals surface area contributed by atoms with Crippen LogP contribution in [0.1, 0.15) is 42.7 Å². The van der Waals surface area contributed by atoms with Gasteiger partial charge in [-0.1, -0.05) is 38.1 Å². The number of carbonyl (C=O) groups excluding carboxylic acids is 1. The lowest BCUT2D eigenvalue weighted by molar-refractivity contribution is -0.00126. The summed E-state index contributed by atoms with van der Waals surface area (Å²) < 4.78 is 0. The van der Waals surface area contributed by atoms with Crippen LogP contribution in [0.5, 0.6) is 0 Å². The molecule has 2 bridgehead atoms. The predicted octanol–water partition coefficient (Wildman–Crippen LogP) is 4.25. The molecule has 0 spiro atoms. The highest BCUT2D eigenvalue weighted by Crippen LogP contribution is 2.58. The van der Waals surface area contributed by atoms with Gasteiger partial charge in [0.25, 0.3) is 5.91 Å². The van der Waals surface area contributed by atoms with Gasteiger partial charge in [-0.2, -0.15) is 5.10 Å². The van der Waals surface area contributed by atoms with E-state index in [0.717, 1.165) is 28.9 Å². The van der Waals surface area contributed by atoms with Crippen molar-refractivity contribution in [3.8, 4) is 0 Å². The van der Waals surface area contributed by atoms with Crippen molar-refractivity contribution in [1.29, 1.82) is 0 Å². The largest absolute Gasteiger partial charge is 0.272 e. The average molecular weight is 333 g/mol. The fraction of sp³-hybridized carbons (Fsp3) is 0.381. The Balaban J connectivity index is 1.53. The number of hydrazone groups is 1. The number of benzene rings is 1. The summed E-state index contributed by atoms with van der Waals surface area (Å²) in [6, 6.07) is 9.50. The number of para-hydroxylation sites is 1. The first-order valence-electron chi connectivity index (χ1n) is 8.86.